The normalized spacial score (nSPS) is 17.7. The molecule has 0 bridgehead atoms. The summed E-state index contributed by atoms with van der Waals surface area (Å²) in [7, 11) is 0. The van der Waals surface area contributed by atoms with Crippen LogP contribution < -0.4 is 0 Å². The number of halogens is 1. The van der Waals surface area contributed by atoms with Gasteiger partial charge in [0, 0.05) is 18.4 Å². The van der Waals surface area contributed by atoms with Gasteiger partial charge < -0.3 is 0 Å². The van der Waals surface area contributed by atoms with Gasteiger partial charge in [0.15, 0.2) is 5.78 Å². The number of rotatable bonds is 2. The molecule has 0 saturated heterocycles. The van der Waals surface area contributed by atoms with Crippen LogP contribution in [0.4, 0.5) is 0 Å². The van der Waals surface area contributed by atoms with Crippen LogP contribution in [0.5, 0.6) is 0 Å². The standard InChI is InChI=1S/C14H15BrO2/c1-14(2)7-11(16)6-10-5-9(13(17)8-15)3-4-12(10)14/h3-5H,6-8H2,1-2H3. The van der Waals surface area contributed by atoms with Crippen molar-refractivity contribution in [3.63, 3.8) is 0 Å². The maximum absolute atomic E-state index is 11.7. The number of carbonyl (C=O) groups excluding carboxylic acids is 2. The minimum Gasteiger partial charge on any atom is -0.299 e. The molecular weight excluding hydrogens is 280 g/mol. The van der Waals surface area contributed by atoms with Gasteiger partial charge in [0.1, 0.15) is 5.78 Å². The average molecular weight is 295 g/mol. The molecule has 0 aromatic heterocycles. The zero-order valence-electron chi connectivity index (χ0n) is 10.0. The van der Waals surface area contributed by atoms with Gasteiger partial charge >= 0.3 is 0 Å². The lowest BCUT2D eigenvalue weighted by molar-refractivity contribution is -0.120. The van der Waals surface area contributed by atoms with Crippen LogP contribution in [0.3, 0.4) is 0 Å². The summed E-state index contributed by atoms with van der Waals surface area (Å²) in [6, 6.07) is 5.73. The van der Waals surface area contributed by atoms with Crippen molar-refractivity contribution in [1.29, 1.82) is 0 Å². The van der Waals surface area contributed by atoms with Crippen LogP contribution >= 0.6 is 15.9 Å². The molecule has 17 heavy (non-hydrogen) atoms. The fourth-order valence-corrected chi connectivity index (χ4v) is 2.84. The summed E-state index contributed by atoms with van der Waals surface area (Å²) in [5.74, 6) is 0.314. The highest BCUT2D eigenvalue weighted by molar-refractivity contribution is 9.09. The van der Waals surface area contributed by atoms with Gasteiger partial charge in [0.25, 0.3) is 0 Å². The smallest absolute Gasteiger partial charge is 0.173 e. The zero-order chi connectivity index (χ0) is 12.6. The summed E-state index contributed by atoms with van der Waals surface area (Å²) in [6.45, 7) is 4.16. The first-order valence-corrected chi connectivity index (χ1v) is 6.80. The van der Waals surface area contributed by atoms with Crippen LogP contribution in [0.1, 0.15) is 41.8 Å². The van der Waals surface area contributed by atoms with Crippen molar-refractivity contribution in [3.05, 3.63) is 34.9 Å². The second-order valence-corrected chi connectivity index (χ2v) is 5.77. The minimum atomic E-state index is -0.110. The molecule has 0 heterocycles. The van der Waals surface area contributed by atoms with Crippen LogP contribution in [0.2, 0.25) is 0 Å². The van der Waals surface area contributed by atoms with Gasteiger partial charge in [-0.1, -0.05) is 41.9 Å². The molecule has 2 rings (SSSR count). The number of fused-ring (bicyclic) bond motifs is 1. The lowest BCUT2D eigenvalue weighted by Crippen LogP contribution is -2.30. The van der Waals surface area contributed by atoms with Crippen molar-refractivity contribution in [1.82, 2.24) is 0 Å². The Hall–Kier alpha value is -0.960. The van der Waals surface area contributed by atoms with E-state index in [0.29, 0.717) is 23.7 Å². The van der Waals surface area contributed by atoms with E-state index >= 15 is 0 Å². The second kappa shape index (κ2) is 4.37. The Kier molecular flexibility index (Phi) is 3.21. The molecule has 1 aromatic rings. The van der Waals surface area contributed by atoms with E-state index in [9.17, 15) is 9.59 Å². The predicted octanol–water partition coefficient (Wildman–Crippen LogP) is 3.06. The highest BCUT2D eigenvalue weighted by atomic mass is 79.9. The lowest BCUT2D eigenvalue weighted by atomic mass is 9.72. The van der Waals surface area contributed by atoms with Crippen LogP contribution in [-0.4, -0.2) is 16.9 Å². The molecule has 0 spiro atoms. The molecule has 2 nitrogen and oxygen atoms in total. The highest BCUT2D eigenvalue weighted by Gasteiger charge is 2.31. The van der Waals surface area contributed by atoms with Crippen LogP contribution in [0.25, 0.3) is 0 Å². The van der Waals surface area contributed by atoms with E-state index in [4.69, 9.17) is 0 Å². The van der Waals surface area contributed by atoms with Crippen molar-refractivity contribution < 1.29 is 9.59 Å². The van der Waals surface area contributed by atoms with Gasteiger partial charge in [-0.2, -0.15) is 0 Å². The molecule has 0 atom stereocenters. The van der Waals surface area contributed by atoms with Gasteiger partial charge in [-0.25, -0.2) is 0 Å². The van der Waals surface area contributed by atoms with Crippen molar-refractivity contribution in [2.24, 2.45) is 0 Å². The topological polar surface area (TPSA) is 34.1 Å². The number of Topliss-reactive ketones (excluding diaryl/α,β-unsaturated/α-hetero) is 2. The average Bonchev–Trinajstić information content (AvgIpc) is 2.25. The third-order valence-electron chi connectivity index (χ3n) is 3.30. The predicted molar refractivity (Wildman–Crippen MR) is 70.9 cm³/mol. The van der Waals surface area contributed by atoms with Gasteiger partial charge in [-0.15, -0.1) is 0 Å². The van der Waals surface area contributed by atoms with Crippen LogP contribution in [-0.2, 0) is 16.6 Å². The summed E-state index contributed by atoms with van der Waals surface area (Å²) in [5, 5.41) is 0.323. The van der Waals surface area contributed by atoms with E-state index in [2.05, 4.69) is 29.8 Å². The summed E-state index contributed by atoms with van der Waals surface area (Å²) in [5.41, 5.74) is 2.79. The van der Waals surface area contributed by atoms with Gasteiger partial charge in [0.2, 0.25) is 0 Å². The molecule has 0 amide bonds. The first-order chi connectivity index (χ1) is 7.94. The Labute approximate surface area is 110 Å². The van der Waals surface area contributed by atoms with Crippen molar-refractivity contribution >= 4 is 27.5 Å². The van der Waals surface area contributed by atoms with Crippen LogP contribution in [0, 0.1) is 0 Å². The van der Waals surface area contributed by atoms with E-state index in [1.54, 1.807) is 0 Å². The monoisotopic (exact) mass is 294 g/mol. The summed E-state index contributed by atoms with van der Waals surface area (Å²) in [6.07, 6.45) is 1.05. The van der Waals surface area contributed by atoms with Gasteiger partial charge in [-0.3, -0.25) is 9.59 Å². The maximum atomic E-state index is 11.7. The van der Waals surface area contributed by atoms with Crippen LogP contribution in [0.15, 0.2) is 18.2 Å². The van der Waals surface area contributed by atoms with E-state index in [-0.39, 0.29) is 17.0 Å². The molecule has 0 saturated carbocycles. The molecule has 0 fully saturated rings. The minimum absolute atomic E-state index is 0.0589. The van der Waals surface area contributed by atoms with Gasteiger partial charge in [-0.05, 0) is 22.6 Å². The molecule has 0 radical (unpaired) electrons. The first kappa shape index (κ1) is 12.5. The second-order valence-electron chi connectivity index (χ2n) is 5.20. The number of hydrogen-bond acceptors (Lipinski definition) is 2. The first-order valence-electron chi connectivity index (χ1n) is 5.68. The van der Waals surface area contributed by atoms with Crippen molar-refractivity contribution in [2.45, 2.75) is 32.1 Å². The Balaban J connectivity index is 2.49. The molecule has 1 aliphatic carbocycles. The lowest BCUT2D eigenvalue weighted by Gasteiger charge is -2.31. The van der Waals surface area contributed by atoms with E-state index in [0.717, 1.165) is 5.56 Å². The van der Waals surface area contributed by atoms with Crippen molar-refractivity contribution in [3.8, 4) is 0 Å². The van der Waals surface area contributed by atoms with Gasteiger partial charge in [0.05, 0.1) is 5.33 Å². The fourth-order valence-electron chi connectivity index (χ4n) is 2.51. The largest absolute Gasteiger partial charge is 0.299 e. The number of hydrogen-bond donors (Lipinski definition) is 0. The third kappa shape index (κ3) is 2.34. The molecular formula is C14H15BrO2. The number of carbonyl (C=O) groups is 2. The summed E-state index contributed by atoms with van der Waals surface area (Å²) >= 11 is 3.17. The number of ketones is 2. The van der Waals surface area contributed by atoms with E-state index in [1.807, 2.05) is 18.2 Å². The zero-order valence-corrected chi connectivity index (χ0v) is 11.6. The van der Waals surface area contributed by atoms with E-state index in [1.165, 1.54) is 5.56 Å². The molecule has 1 aromatic carbocycles. The third-order valence-corrected chi connectivity index (χ3v) is 3.81. The van der Waals surface area contributed by atoms with Crippen molar-refractivity contribution in [2.75, 3.05) is 5.33 Å². The quantitative estimate of drug-likeness (QED) is 0.621. The molecule has 3 heteroatoms. The summed E-state index contributed by atoms with van der Waals surface area (Å²) in [4.78, 5) is 23.3. The van der Waals surface area contributed by atoms with E-state index < -0.39 is 0 Å². The Morgan fingerprint density at radius 2 is 2.12 bits per heavy atom. The molecule has 0 N–H and O–H groups in total. The SMILES string of the molecule is CC1(C)CC(=O)Cc2cc(C(=O)CBr)ccc21. The number of benzene rings is 1. The molecule has 1 aliphatic rings. The Morgan fingerprint density at radius 1 is 1.41 bits per heavy atom. The highest BCUT2D eigenvalue weighted by Crippen LogP contribution is 2.35. The maximum Gasteiger partial charge on any atom is 0.173 e. The Morgan fingerprint density at radius 3 is 2.76 bits per heavy atom. The number of alkyl halides is 1. The Bertz CT molecular complexity index is 489. The molecule has 0 aliphatic heterocycles. The molecule has 90 valence electrons. The summed E-state index contributed by atoms with van der Waals surface area (Å²) < 4.78 is 0. The fraction of sp³-hybridized carbons (Fsp3) is 0.429. The molecule has 0 unspecified atom stereocenters.